The molecule has 3 aromatic rings. The van der Waals surface area contributed by atoms with Crippen LogP contribution >= 0.6 is 15.9 Å². The van der Waals surface area contributed by atoms with Crippen molar-refractivity contribution in [3.8, 4) is 0 Å². The van der Waals surface area contributed by atoms with Crippen molar-refractivity contribution in [1.82, 2.24) is 29.9 Å². The van der Waals surface area contributed by atoms with Gasteiger partial charge in [0.25, 0.3) is 5.91 Å². The first kappa shape index (κ1) is 23.5. The quantitative estimate of drug-likeness (QED) is 0.417. The van der Waals surface area contributed by atoms with Crippen LogP contribution in [0, 0.1) is 0 Å². The maximum atomic E-state index is 13.3. The predicted octanol–water partition coefficient (Wildman–Crippen LogP) is 2.94. The first-order chi connectivity index (χ1) is 16.9. The van der Waals surface area contributed by atoms with Crippen LogP contribution < -0.4 is 11.1 Å². The molecule has 1 saturated heterocycles. The number of fused-ring (bicyclic) bond motifs is 2. The lowest BCUT2D eigenvalue weighted by Gasteiger charge is -2.32. The zero-order chi connectivity index (χ0) is 24.5. The third-order valence-corrected chi connectivity index (χ3v) is 7.62. The summed E-state index contributed by atoms with van der Waals surface area (Å²) in [7, 11) is 1.91. The summed E-state index contributed by atoms with van der Waals surface area (Å²) >= 11 is 3.67. The lowest BCUT2D eigenvalue weighted by Crippen LogP contribution is -2.40. The molecule has 2 aliphatic heterocycles. The largest absolute Gasteiger partial charge is 0.403 e. The molecule has 10 heteroatoms. The molecule has 0 radical (unpaired) electrons. The molecule has 0 bridgehead atoms. The molecule has 1 unspecified atom stereocenters. The van der Waals surface area contributed by atoms with Crippen molar-refractivity contribution in [2.24, 2.45) is 12.8 Å². The molecule has 2 aliphatic rings. The number of carbonyl (C=O) groups is 2. The molecule has 35 heavy (non-hydrogen) atoms. The standard InChI is InChI=1S/C25H30BrN7O2/c1-31-22-15-33(14-19(22)12-29-31)25(35)18-9-17-11-21(30-24(17)20(26)10-18)16-3-2-8-32(13-16)23(34)4-6-28-7-5-27/h5,7,9-12,16,28,30H,2-4,6,8,13-15,27H2,1H3/b7-5-. The number of aromatic nitrogens is 3. The second kappa shape index (κ2) is 9.77. The van der Waals surface area contributed by atoms with Gasteiger partial charge < -0.3 is 25.8 Å². The van der Waals surface area contributed by atoms with Crippen molar-refractivity contribution in [2.45, 2.75) is 38.3 Å². The second-order valence-electron chi connectivity index (χ2n) is 9.29. The van der Waals surface area contributed by atoms with Crippen LogP contribution in [0.1, 0.15) is 52.5 Å². The smallest absolute Gasteiger partial charge is 0.254 e. The zero-order valence-corrected chi connectivity index (χ0v) is 21.3. The van der Waals surface area contributed by atoms with Gasteiger partial charge in [0.1, 0.15) is 0 Å². The minimum atomic E-state index is 0.0130. The van der Waals surface area contributed by atoms with E-state index in [1.807, 2.05) is 39.9 Å². The Morgan fingerprint density at radius 3 is 2.94 bits per heavy atom. The number of H-pyrrole nitrogens is 1. The summed E-state index contributed by atoms with van der Waals surface area (Å²) in [6.07, 6.45) is 7.35. The summed E-state index contributed by atoms with van der Waals surface area (Å²) in [5, 5.41) is 8.29. The number of aromatic amines is 1. The lowest BCUT2D eigenvalue weighted by atomic mass is 9.94. The van der Waals surface area contributed by atoms with Crippen molar-refractivity contribution in [1.29, 1.82) is 0 Å². The Balaban J connectivity index is 1.30. The van der Waals surface area contributed by atoms with Gasteiger partial charge in [0.2, 0.25) is 5.91 Å². The molecule has 4 heterocycles. The minimum absolute atomic E-state index is 0.0130. The third kappa shape index (κ3) is 4.67. The van der Waals surface area contributed by atoms with Gasteiger partial charge in [0.05, 0.1) is 24.0 Å². The molecule has 2 aromatic heterocycles. The Kier molecular flexibility index (Phi) is 6.55. The number of likely N-dealkylation sites (tertiary alicyclic amines) is 1. The van der Waals surface area contributed by atoms with E-state index in [-0.39, 0.29) is 17.7 Å². The Morgan fingerprint density at radius 2 is 2.14 bits per heavy atom. The van der Waals surface area contributed by atoms with E-state index in [0.29, 0.717) is 38.2 Å². The van der Waals surface area contributed by atoms with Crippen LogP contribution in [0.2, 0.25) is 0 Å². The van der Waals surface area contributed by atoms with Crippen molar-refractivity contribution in [3.05, 3.63) is 63.8 Å². The topological polar surface area (TPSA) is 112 Å². The molecule has 184 valence electrons. The van der Waals surface area contributed by atoms with Gasteiger partial charge in [0.15, 0.2) is 0 Å². The molecule has 1 aromatic carbocycles. The van der Waals surface area contributed by atoms with Crippen LogP contribution in [-0.2, 0) is 24.9 Å². The normalized spacial score (nSPS) is 17.9. The average Bonchev–Trinajstić information content (AvgIpc) is 3.57. The summed E-state index contributed by atoms with van der Waals surface area (Å²) in [4.78, 5) is 33.3. The number of halogens is 1. The maximum absolute atomic E-state index is 13.3. The fourth-order valence-corrected chi connectivity index (χ4v) is 5.70. The number of amides is 2. The first-order valence-electron chi connectivity index (χ1n) is 11.9. The predicted molar refractivity (Wildman–Crippen MR) is 137 cm³/mol. The number of carbonyl (C=O) groups excluding carboxylic acids is 2. The highest BCUT2D eigenvalue weighted by Gasteiger charge is 2.29. The summed E-state index contributed by atoms with van der Waals surface area (Å²) in [5.41, 5.74) is 10.3. The van der Waals surface area contributed by atoms with E-state index < -0.39 is 0 Å². The highest BCUT2D eigenvalue weighted by molar-refractivity contribution is 9.10. The molecular weight excluding hydrogens is 510 g/mol. The van der Waals surface area contributed by atoms with Crippen LogP contribution in [0.25, 0.3) is 10.9 Å². The second-order valence-corrected chi connectivity index (χ2v) is 10.1. The van der Waals surface area contributed by atoms with Crippen LogP contribution in [0.3, 0.4) is 0 Å². The van der Waals surface area contributed by atoms with E-state index >= 15 is 0 Å². The van der Waals surface area contributed by atoms with Crippen molar-refractivity contribution < 1.29 is 9.59 Å². The van der Waals surface area contributed by atoms with Crippen molar-refractivity contribution in [2.75, 3.05) is 19.6 Å². The molecule has 5 rings (SSSR count). The number of nitrogens with one attached hydrogen (secondary N) is 2. The Morgan fingerprint density at radius 1 is 1.29 bits per heavy atom. The van der Waals surface area contributed by atoms with Crippen molar-refractivity contribution in [3.63, 3.8) is 0 Å². The summed E-state index contributed by atoms with van der Waals surface area (Å²) in [6, 6.07) is 5.99. The van der Waals surface area contributed by atoms with E-state index in [1.54, 1.807) is 6.20 Å². The number of benzene rings is 1. The van der Waals surface area contributed by atoms with E-state index in [0.717, 1.165) is 51.7 Å². The molecule has 0 spiro atoms. The van der Waals surface area contributed by atoms with Crippen LogP contribution in [-0.4, -0.2) is 56.0 Å². The molecule has 4 N–H and O–H groups in total. The first-order valence-corrected chi connectivity index (χ1v) is 12.7. The number of nitrogens with two attached hydrogens (primary N) is 1. The van der Waals surface area contributed by atoms with Gasteiger partial charge >= 0.3 is 0 Å². The fraction of sp³-hybridized carbons (Fsp3) is 0.400. The van der Waals surface area contributed by atoms with Crippen molar-refractivity contribution >= 4 is 38.6 Å². The van der Waals surface area contributed by atoms with E-state index in [1.165, 1.54) is 6.20 Å². The number of piperidine rings is 1. The van der Waals surface area contributed by atoms with Gasteiger partial charge in [-0.25, -0.2) is 0 Å². The van der Waals surface area contributed by atoms with E-state index in [2.05, 4.69) is 37.4 Å². The van der Waals surface area contributed by atoms with Gasteiger partial charge in [-0.15, -0.1) is 0 Å². The highest BCUT2D eigenvalue weighted by atomic mass is 79.9. The number of nitrogens with zero attached hydrogens (tertiary/aromatic N) is 4. The summed E-state index contributed by atoms with van der Waals surface area (Å²) in [6.45, 7) is 3.21. The zero-order valence-electron chi connectivity index (χ0n) is 19.8. The molecule has 0 saturated carbocycles. The number of hydrogen-bond acceptors (Lipinski definition) is 5. The monoisotopic (exact) mass is 539 g/mol. The van der Waals surface area contributed by atoms with Crippen LogP contribution in [0.4, 0.5) is 0 Å². The summed E-state index contributed by atoms with van der Waals surface area (Å²) < 4.78 is 2.71. The number of hydrogen-bond donors (Lipinski definition) is 3. The Bertz CT molecular complexity index is 1290. The molecule has 1 atom stereocenters. The maximum Gasteiger partial charge on any atom is 0.254 e. The van der Waals surface area contributed by atoms with Gasteiger partial charge in [0, 0.05) is 84.6 Å². The van der Waals surface area contributed by atoms with E-state index in [4.69, 9.17) is 5.73 Å². The Labute approximate surface area is 212 Å². The Hall–Kier alpha value is -3.27. The molecule has 0 aliphatic carbocycles. The fourth-order valence-electron chi connectivity index (χ4n) is 5.12. The number of aryl methyl sites for hydroxylation is 1. The molecular formula is C25H30BrN7O2. The highest BCUT2D eigenvalue weighted by Crippen LogP contribution is 2.33. The summed E-state index contributed by atoms with van der Waals surface area (Å²) in [5.74, 6) is 0.405. The number of rotatable bonds is 6. The third-order valence-electron chi connectivity index (χ3n) is 7.00. The molecule has 2 amide bonds. The van der Waals surface area contributed by atoms with Crippen LogP contribution in [0.5, 0.6) is 0 Å². The average molecular weight is 540 g/mol. The SMILES string of the molecule is Cn1ncc2c1CN(C(=O)c1cc(Br)c3[nH]c(C4CCCN(C(=O)CCN/C=C\N)C4)cc3c1)C2. The van der Waals surface area contributed by atoms with Gasteiger partial charge in [-0.3, -0.25) is 14.3 Å². The van der Waals surface area contributed by atoms with Crippen LogP contribution in [0.15, 0.2) is 41.3 Å². The molecule has 9 nitrogen and oxygen atoms in total. The lowest BCUT2D eigenvalue weighted by molar-refractivity contribution is -0.132. The van der Waals surface area contributed by atoms with Gasteiger partial charge in [-0.2, -0.15) is 5.10 Å². The minimum Gasteiger partial charge on any atom is -0.403 e. The van der Waals surface area contributed by atoms with E-state index in [9.17, 15) is 9.59 Å². The van der Waals surface area contributed by atoms with Gasteiger partial charge in [-0.1, -0.05) is 0 Å². The molecule has 1 fully saturated rings. The van der Waals surface area contributed by atoms with Gasteiger partial charge in [-0.05, 0) is 47.0 Å².